The number of carbonyl (C=O) groups excluding carboxylic acids is 1. The van der Waals surface area contributed by atoms with E-state index in [9.17, 15) is 4.79 Å². The summed E-state index contributed by atoms with van der Waals surface area (Å²) >= 11 is 0. The van der Waals surface area contributed by atoms with Crippen molar-refractivity contribution in [2.75, 3.05) is 11.9 Å². The van der Waals surface area contributed by atoms with Crippen LogP contribution >= 0.6 is 0 Å². The van der Waals surface area contributed by atoms with Gasteiger partial charge in [-0.1, -0.05) is 23.8 Å². The van der Waals surface area contributed by atoms with Crippen LogP contribution in [0.25, 0.3) is 10.9 Å². The van der Waals surface area contributed by atoms with E-state index < -0.39 is 0 Å². The van der Waals surface area contributed by atoms with Crippen LogP contribution in [0.1, 0.15) is 17.5 Å². The van der Waals surface area contributed by atoms with Crippen molar-refractivity contribution in [2.45, 2.75) is 25.9 Å². The lowest BCUT2D eigenvalue weighted by Crippen LogP contribution is -2.39. The molecule has 0 bridgehead atoms. The highest BCUT2D eigenvalue weighted by molar-refractivity contribution is 6.00. The predicted octanol–water partition coefficient (Wildman–Crippen LogP) is 3.39. The molecule has 0 radical (unpaired) electrons. The third-order valence-electron chi connectivity index (χ3n) is 4.47. The van der Waals surface area contributed by atoms with Gasteiger partial charge in [-0.2, -0.15) is 5.10 Å². The van der Waals surface area contributed by atoms with Gasteiger partial charge in [0.25, 0.3) is 0 Å². The van der Waals surface area contributed by atoms with Gasteiger partial charge in [0, 0.05) is 5.39 Å². The Balaban J connectivity index is 1.35. The third-order valence-corrected chi connectivity index (χ3v) is 4.47. The first-order valence-corrected chi connectivity index (χ1v) is 8.42. The molecule has 0 aliphatic carbocycles. The summed E-state index contributed by atoms with van der Waals surface area (Å²) in [6.45, 7) is 2.55. The van der Waals surface area contributed by atoms with Crippen LogP contribution in [0.3, 0.4) is 0 Å². The first-order chi connectivity index (χ1) is 12.2. The van der Waals surface area contributed by atoms with Gasteiger partial charge in [-0.05, 0) is 43.5 Å². The van der Waals surface area contributed by atoms with E-state index in [1.807, 2.05) is 30.3 Å². The summed E-state index contributed by atoms with van der Waals surface area (Å²) in [4.78, 5) is 12.2. The molecule has 25 heavy (non-hydrogen) atoms. The fraction of sp³-hybridized carbons (Fsp3) is 0.263. The summed E-state index contributed by atoms with van der Waals surface area (Å²) in [5.74, 6) is 0.923. The molecule has 0 saturated heterocycles. The lowest BCUT2D eigenvalue weighted by atomic mass is 10.0. The molecule has 128 valence electrons. The molecule has 1 aromatic heterocycles. The fourth-order valence-electron chi connectivity index (χ4n) is 3.17. The molecule has 2 aromatic carbocycles. The number of fused-ring (bicyclic) bond motifs is 2. The number of aryl methyl sites for hydroxylation is 2. The largest absolute Gasteiger partial charge is 0.488 e. The summed E-state index contributed by atoms with van der Waals surface area (Å²) in [5.41, 5.74) is 4.11. The smallest absolute Gasteiger partial charge is 0.319 e. The number of aromatic nitrogens is 2. The molecular formula is C19H20N4O2. The van der Waals surface area contributed by atoms with Crippen LogP contribution < -0.4 is 15.4 Å². The van der Waals surface area contributed by atoms with Crippen molar-refractivity contribution in [3.05, 3.63) is 53.7 Å². The highest BCUT2D eigenvalue weighted by Crippen LogP contribution is 2.28. The van der Waals surface area contributed by atoms with Crippen LogP contribution in [-0.2, 0) is 6.42 Å². The molecule has 0 saturated carbocycles. The van der Waals surface area contributed by atoms with Crippen LogP contribution in [0.5, 0.6) is 5.75 Å². The Morgan fingerprint density at radius 3 is 3.20 bits per heavy atom. The normalized spacial score (nSPS) is 16.1. The summed E-state index contributed by atoms with van der Waals surface area (Å²) in [6.07, 6.45) is 3.56. The maximum Gasteiger partial charge on any atom is 0.319 e. The van der Waals surface area contributed by atoms with E-state index in [1.54, 1.807) is 6.20 Å². The first kappa shape index (κ1) is 15.5. The van der Waals surface area contributed by atoms with Gasteiger partial charge in [0.05, 0.1) is 23.9 Å². The zero-order chi connectivity index (χ0) is 17.2. The monoisotopic (exact) mass is 336 g/mol. The number of ether oxygens (including phenoxy) is 1. The van der Waals surface area contributed by atoms with E-state index in [0.717, 1.165) is 35.2 Å². The molecule has 6 heteroatoms. The maximum atomic E-state index is 12.2. The van der Waals surface area contributed by atoms with E-state index >= 15 is 0 Å². The molecule has 2 amide bonds. The zero-order valence-electron chi connectivity index (χ0n) is 14.0. The molecule has 1 unspecified atom stereocenters. The fourth-order valence-corrected chi connectivity index (χ4v) is 3.17. The highest BCUT2D eigenvalue weighted by Gasteiger charge is 2.20. The molecule has 0 fully saturated rings. The van der Waals surface area contributed by atoms with Gasteiger partial charge < -0.3 is 15.4 Å². The number of hydrogen-bond donors (Lipinski definition) is 3. The number of benzene rings is 2. The molecule has 2 heterocycles. The number of rotatable bonds is 3. The molecule has 0 spiro atoms. The van der Waals surface area contributed by atoms with E-state index in [1.165, 1.54) is 11.1 Å². The number of nitrogens with zero attached hydrogens (tertiary/aromatic N) is 1. The first-order valence-electron chi connectivity index (χ1n) is 8.42. The van der Waals surface area contributed by atoms with Crippen molar-refractivity contribution in [1.82, 2.24) is 15.5 Å². The topological polar surface area (TPSA) is 79.0 Å². The summed E-state index contributed by atoms with van der Waals surface area (Å²) in [6, 6.07) is 11.6. The number of H-pyrrole nitrogens is 1. The Morgan fingerprint density at radius 1 is 1.36 bits per heavy atom. The van der Waals surface area contributed by atoms with Gasteiger partial charge in [0.2, 0.25) is 0 Å². The minimum atomic E-state index is -0.244. The number of aromatic amines is 1. The van der Waals surface area contributed by atoms with Crippen LogP contribution in [0.2, 0.25) is 0 Å². The second kappa shape index (κ2) is 6.47. The average Bonchev–Trinajstić information content (AvgIpc) is 3.10. The van der Waals surface area contributed by atoms with Crippen molar-refractivity contribution < 1.29 is 9.53 Å². The van der Waals surface area contributed by atoms with Gasteiger partial charge in [0.15, 0.2) is 0 Å². The van der Waals surface area contributed by atoms with Crippen LogP contribution in [0, 0.1) is 6.92 Å². The Kier molecular flexibility index (Phi) is 4.01. The summed E-state index contributed by atoms with van der Waals surface area (Å²) in [7, 11) is 0. The molecule has 4 rings (SSSR count). The number of hydrogen-bond acceptors (Lipinski definition) is 3. The molecule has 3 N–H and O–H groups in total. The Morgan fingerprint density at radius 2 is 2.28 bits per heavy atom. The average molecular weight is 336 g/mol. The second-order valence-electron chi connectivity index (χ2n) is 6.36. The predicted molar refractivity (Wildman–Crippen MR) is 97.0 cm³/mol. The number of amides is 2. The van der Waals surface area contributed by atoms with Crippen molar-refractivity contribution in [1.29, 1.82) is 0 Å². The van der Waals surface area contributed by atoms with Crippen LogP contribution in [0.4, 0.5) is 10.5 Å². The van der Waals surface area contributed by atoms with Crippen molar-refractivity contribution >= 4 is 22.6 Å². The van der Waals surface area contributed by atoms with Crippen LogP contribution in [-0.4, -0.2) is 28.9 Å². The van der Waals surface area contributed by atoms with Gasteiger partial charge in [0.1, 0.15) is 11.9 Å². The highest BCUT2D eigenvalue weighted by atomic mass is 16.5. The number of anilines is 1. The van der Waals surface area contributed by atoms with Gasteiger partial charge in [-0.3, -0.25) is 5.10 Å². The van der Waals surface area contributed by atoms with E-state index in [0.29, 0.717) is 6.54 Å². The SMILES string of the molecule is Cc1ccc2c(c1)CCC(CNC(=O)Nc1cccc3[nH]ncc13)O2. The molecule has 1 aliphatic heterocycles. The van der Waals surface area contributed by atoms with Gasteiger partial charge >= 0.3 is 6.03 Å². The Labute approximate surface area is 145 Å². The quantitative estimate of drug-likeness (QED) is 0.686. The zero-order valence-corrected chi connectivity index (χ0v) is 14.0. The van der Waals surface area contributed by atoms with E-state index in [2.05, 4.69) is 33.8 Å². The standard InChI is InChI=1S/C19H20N4O2/c1-12-5-8-18-13(9-12)6-7-14(25-18)10-20-19(24)22-16-3-2-4-17-15(16)11-21-23-17/h2-5,8-9,11,14H,6-7,10H2,1H3,(H,21,23)(H2,20,22,24). The molecular weight excluding hydrogens is 316 g/mol. The second-order valence-corrected chi connectivity index (χ2v) is 6.36. The van der Waals surface area contributed by atoms with Gasteiger partial charge in [-0.25, -0.2) is 4.79 Å². The third kappa shape index (κ3) is 3.28. The summed E-state index contributed by atoms with van der Waals surface area (Å²) in [5, 5.41) is 13.5. The van der Waals surface area contributed by atoms with Crippen molar-refractivity contribution in [3.63, 3.8) is 0 Å². The minimum Gasteiger partial charge on any atom is -0.488 e. The lowest BCUT2D eigenvalue weighted by molar-refractivity contribution is 0.171. The molecule has 1 aliphatic rings. The summed E-state index contributed by atoms with van der Waals surface area (Å²) < 4.78 is 5.99. The van der Waals surface area contributed by atoms with Crippen molar-refractivity contribution in [2.24, 2.45) is 0 Å². The number of nitrogens with one attached hydrogen (secondary N) is 3. The molecule has 1 atom stereocenters. The number of carbonyl (C=O) groups is 1. The molecule has 6 nitrogen and oxygen atoms in total. The Hall–Kier alpha value is -3.02. The maximum absolute atomic E-state index is 12.2. The van der Waals surface area contributed by atoms with Crippen LogP contribution in [0.15, 0.2) is 42.6 Å². The van der Waals surface area contributed by atoms with Gasteiger partial charge in [-0.15, -0.1) is 0 Å². The van der Waals surface area contributed by atoms with Crippen molar-refractivity contribution in [3.8, 4) is 5.75 Å². The lowest BCUT2D eigenvalue weighted by Gasteiger charge is -2.26. The van der Waals surface area contributed by atoms with E-state index in [4.69, 9.17) is 4.74 Å². The Bertz CT molecular complexity index is 919. The number of urea groups is 1. The minimum absolute atomic E-state index is 0.00864. The molecule has 3 aromatic rings. The van der Waals surface area contributed by atoms with E-state index in [-0.39, 0.29) is 12.1 Å².